The van der Waals surface area contributed by atoms with Crippen LogP contribution in [-0.4, -0.2) is 67.8 Å². The maximum atomic E-state index is 12.4. The molecule has 0 spiro atoms. The number of carboxylic acids is 1. The molecule has 1 rings (SSSR count). The Hall–Kier alpha value is -1.19. The number of piperidine rings is 1. The van der Waals surface area contributed by atoms with Gasteiger partial charge in [-0.1, -0.05) is 0 Å². The Morgan fingerprint density at radius 1 is 1.35 bits per heavy atom. The Balaban J connectivity index is 2.64. The van der Waals surface area contributed by atoms with E-state index in [1.165, 1.54) is 11.4 Å². The summed E-state index contributed by atoms with van der Waals surface area (Å²) in [6.45, 7) is 3.94. The number of rotatable bonds is 8. The Morgan fingerprint density at radius 2 is 1.91 bits per heavy atom. The summed E-state index contributed by atoms with van der Waals surface area (Å²) < 4.78 is 30.0. The van der Waals surface area contributed by atoms with Gasteiger partial charge in [-0.2, -0.15) is 0 Å². The van der Waals surface area contributed by atoms with Gasteiger partial charge < -0.3 is 15.2 Å². The number of nitrogens with zero attached hydrogens (tertiary/aromatic N) is 1. The first kappa shape index (κ1) is 19.9. The molecule has 2 N–H and O–H groups in total. The van der Waals surface area contributed by atoms with Crippen molar-refractivity contribution in [1.82, 2.24) is 9.62 Å². The van der Waals surface area contributed by atoms with Crippen LogP contribution in [0.5, 0.6) is 0 Å². The second kappa shape index (κ2) is 8.07. The van der Waals surface area contributed by atoms with Gasteiger partial charge >= 0.3 is 5.97 Å². The fourth-order valence-electron chi connectivity index (χ4n) is 2.76. The summed E-state index contributed by atoms with van der Waals surface area (Å²) in [6.07, 6.45) is 0.623. The lowest BCUT2D eigenvalue weighted by Crippen LogP contribution is -2.54. The molecule has 134 valence electrons. The molecule has 0 bridgehead atoms. The fourth-order valence-corrected chi connectivity index (χ4v) is 3.89. The van der Waals surface area contributed by atoms with Gasteiger partial charge in [0.25, 0.3) is 0 Å². The molecular formula is C14H26N2O6S. The molecule has 1 saturated heterocycles. The largest absolute Gasteiger partial charge is 0.481 e. The van der Waals surface area contributed by atoms with E-state index < -0.39 is 21.5 Å². The number of ether oxygens (including phenoxy) is 1. The van der Waals surface area contributed by atoms with E-state index in [-0.39, 0.29) is 30.6 Å². The van der Waals surface area contributed by atoms with Gasteiger partial charge in [0.2, 0.25) is 15.9 Å². The summed E-state index contributed by atoms with van der Waals surface area (Å²) in [7, 11) is -1.78. The average Bonchev–Trinajstić information content (AvgIpc) is 2.46. The van der Waals surface area contributed by atoms with Gasteiger partial charge in [-0.15, -0.1) is 0 Å². The predicted molar refractivity (Wildman–Crippen MR) is 84.4 cm³/mol. The predicted octanol–water partition coefficient (Wildman–Crippen LogP) is 0.0441. The van der Waals surface area contributed by atoms with Crippen molar-refractivity contribution in [1.29, 1.82) is 0 Å². The summed E-state index contributed by atoms with van der Waals surface area (Å²) in [5.41, 5.74) is -0.982. The third-order valence-corrected chi connectivity index (χ3v) is 5.89. The van der Waals surface area contributed by atoms with Gasteiger partial charge in [-0.25, -0.2) is 12.7 Å². The van der Waals surface area contributed by atoms with Crippen molar-refractivity contribution in [2.45, 2.75) is 38.6 Å². The normalized spacial score (nSPS) is 20.0. The smallest absolute Gasteiger partial charge is 0.305 e. The van der Waals surface area contributed by atoms with E-state index in [1.54, 1.807) is 13.8 Å². The molecule has 1 aliphatic heterocycles. The van der Waals surface area contributed by atoms with Gasteiger partial charge in [0.15, 0.2) is 0 Å². The number of nitrogens with one attached hydrogen (secondary N) is 1. The molecule has 9 heteroatoms. The number of carbonyl (C=O) groups excluding carboxylic acids is 1. The van der Waals surface area contributed by atoms with Gasteiger partial charge in [0.05, 0.1) is 24.3 Å². The zero-order valence-electron chi connectivity index (χ0n) is 13.9. The first-order valence-electron chi connectivity index (χ1n) is 7.64. The lowest BCUT2D eigenvalue weighted by atomic mass is 9.93. The quantitative estimate of drug-likeness (QED) is 0.639. The molecule has 1 unspecified atom stereocenters. The van der Waals surface area contributed by atoms with Crippen LogP contribution >= 0.6 is 0 Å². The zero-order chi connectivity index (χ0) is 17.7. The summed E-state index contributed by atoms with van der Waals surface area (Å²) in [5, 5.41) is 11.7. The molecule has 23 heavy (non-hydrogen) atoms. The van der Waals surface area contributed by atoms with Crippen molar-refractivity contribution in [2.75, 3.05) is 32.6 Å². The maximum absolute atomic E-state index is 12.4. The minimum atomic E-state index is -3.23. The first-order chi connectivity index (χ1) is 10.6. The number of hydrogen-bond acceptors (Lipinski definition) is 5. The topological polar surface area (TPSA) is 113 Å². The standard InChI is InChI=1S/C14H26N2O6S/c1-4-23(20,21)16-7-5-11(6-8-16)13(19)15-14(2,10-22-3)9-12(17)18/h11H,4-10H2,1-3H3,(H,15,19)(H,17,18). The Labute approximate surface area is 137 Å². The van der Waals surface area contributed by atoms with E-state index in [9.17, 15) is 18.0 Å². The molecule has 0 saturated carbocycles. The van der Waals surface area contributed by atoms with Gasteiger partial charge in [0.1, 0.15) is 0 Å². The molecule has 1 amide bonds. The van der Waals surface area contributed by atoms with Crippen LogP contribution in [0, 0.1) is 5.92 Å². The molecule has 0 aliphatic carbocycles. The number of carboxylic acid groups (broad SMARTS) is 1. The maximum Gasteiger partial charge on any atom is 0.305 e. The number of hydrogen-bond donors (Lipinski definition) is 2. The van der Waals surface area contributed by atoms with Crippen LogP contribution < -0.4 is 5.32 Å². The van der Waals surface area contributed by atoms with Crippen molar-refractivity contribution in [3.8, 4) is 0 Å². The summed E-state index contributed by atoms with van der Waals surface area (Å²) in [6, 6.07) is 0. The minimum Gasteiger partial charge on any atom is -0.481 e. The van der Waals surface area contributed by atoms with E-state index >= 15 is 0 Å². The lowest BCUT2D eigenvalue weighted by Gasteiger charge is -2.34. The van der Waals surface area contributed by atoms with E-state index in [0.29, 0.717) is 25.9 Å². The van der Waals surface area contributed by atoms with E-state index in [1.807, 2.05) is 0 Å². The van der Waals surface area contributed by atoms with Crippen molar-refractivity contribution in [3.05, 3.63) is 0 Å². The number of methoxy groups -OCH3 is 1. The van der Waals surface area contributed by atoms with E-state index in [2.05, 4.69) is 5.32 Å². The SMILES string of the molecule is CCS(=O)(=O)N1CCC(C(=O)NC(C)(COC)CC(=O)O)CC1. The molecule has 1 aliphatic rings. The molecule has 0 aromatic rings. The summed E-state index contributed by atoms with van der Waals surface area (Å²) in [5.74, 6) is -1.54. The second-order valence-electron chi connectivity index (χ2n) is 6.13. The van der Waals surface area contributed by atoms with Crippen molar-refractivity contribution < 1.29 is 27.9 Å². The molecule has 8 nitrogen and oxygen atoms in total. The van der Waals surface area contributed by atoms with Crippen LogP contribution in [0.15, 0.2) is 0 Å². The van der Waals surface area contributed by atoms with Crippen LogP contribution in [0.3, 0.4) is 0 Å². The highest BCUT2D eigenvalue weighted by Crippen LogP contribution is 2.21. The lowest BCUT2D eigenvalue weighted by molar-refractivity contribution is -0.140. The number of carbonyl (C=O) groups is 2. The third kappa shape index (κ3) is 5.74. The molecule has 1 heterocycles. The molecular weight excluding hydrogens is 324 g/mol. The highest BCUT2D eigenvalue weighted by Gasteiger charge is 2.35. The third-order valence-electron chi connectivity index (χ3n) is 4.01. The van der Waals surface area contributed by atoms with Crippen molar-refractivity contribution in [2.24, 2.45) is 5.92 Å². The molecule has 0 radical (unpaired) electrons. The highest BCUT2D eigenvalue weighted by molar-refractivity contribution is 7.89. The highest BCUT2D eigenvalue weighted by atomic mass is 32.2. The van der Waals surface area contributed by atoms with Crippen LogP contribution in [0.25, 0.3) is 0 Å². The molecule has 1 fully saturated rings. The number of amides is 1. The molecule has 1 atom stereocenters. The Bertz CT molecular complexity index is 527. The van der Waals surface area contributed by atoms with Crippen LogP contribution in [-0.2, 0) is 24.3 Å². The Morgan fingerprint density at radius 3 is 2.35 bits per heavy atom. The van der Waals surface area contributed by atoms with Gasteiger partial charge in [-0.3, -0.25) is 9.59 Å². The summed E-state index contributed by atoms with van der Waals surface area (Å²) >= 11 is 0. The average molecular weight is 350 g/mol. The van der Waals surface area contributed by atoms with Crippen LogP contribution in [0.2, 0.25) is 0 Å². The van der Waals surface area contributed by atoms with Crippen molar-refractivity contribution >= 4 is 21.9 Å². The monoisotopic (exact) mass is 350 g/mol. The fraction of sp³-hybridized carbons (Fsp3) is 0.857. The first-order valence-corrected chi connectivity index (χ1v) is 9.25. The van der Waals surface area contributed by atoms with Crippen LogP contribution in [0.1, 0.15) is 33.1 Å². The number of sulfonamides is 1. The summed E-state index contributed by atoms with van der Waals surface area (Å²) in [4.78, 5) is 23.3. The minimum absolute atomic E-state index is 0.0500. The Kier molecular flexibility index (Phi) is 6.97. The zero-order valence-corrected chi connectivity index (χ0v) is 14.7. The van der Waals surface area contributed by atoms with E-state index in [4.69, 9.17) is 9.84 Å². The van der Waals surface area contributed by atoms with Crippen LogP contribution in [0.4, 0.5) is 0 Å². The van der Waals surface area contributed by atoms with E-state index in [0.717, 1.165) is 0 Å². The second-order valence-corrected chi connectivity index (χ2v) is 8.38. The van der Waals surface area contributed by atoms with Crippen molar-refractivity contribution in [3.63, 3.8) is 0 Å². The number of aliphatic carboxylic acids is 1. The molecule has 0 aromatic heterocycles. The molecule has 0 aromatic carbocycles. The van der Waals surface area contributed by atoms with Gasteiger partial charge in [-0.05, 0) is 26.7 Å². The van der Waals surface area contributed by atoms with Gasteiger partial charge in [0, 0.05) is 26.1 Å².